The molecule has 0 heterocycles. The maximum absolute atomic E-state index is 5.23. The van der Waals surface area contributed by atoms with Crippen LogP contribution in [0.4, 0.5) is 0 Å². The predicted molar refractivity (Wildman–Crippen MR) is 97.9 cm³/mol. The van der Waals surface area contributed by atoms with Crippen molar-refractivity contribution in [2.75, 3.05) is 14.2 Å². The van der Waals surface area contributed by atoms with Crippen molar-refractivity contribution < 1.29 is 9.47 Å². The fourth-order valence-corrected chi connectivity index (χ4v) is 2.23. The Kier molecular flexibility index (Phi) is 8.70. The number of hydrogen-bond acceptors (Lipinski definition) is 4. The minimum absolute atomic E-state index is 0. The first kappa shape index (κ1) is 20.7. The second-order valence-electron chi connectivity index (χ2n) is 5.28. The summed E-state index contributed by atoms with van der Waals surface area (Å²) in [5.74, 6) is 2.22. The van der Waals surface area contributed by atoms with E-state index in [1.165, 1.54) is 16.7 Å². The summed E-state index contributed by atoms with van der Waals surface area (Å²) in [7, 11) is 3.37. The Morgan fingerprint density at radius 2 is 1.09 bits per heavy atom. The zero-order chi connectivity index (χ0) is 15.2. The molecule has 0 aliphatic heterocycles. The Bertz CT molecular complexity index is 553. The van der Waals surface area contributed by atoms with Crippen LogP contribution in [0.25, 0.3) is 5.57 Å². The molecular formula is C19H28N2O2. The molecule has 0 aromatic heterocycles. The van der Waals surface area contributed by atoms with Gasteiger partial charge < -0.3 is 21.8 Å². The molecule has 0 aliphatic carbocycles. The van der Waals surface area contributed by atoms with Gasteiger partial charge in [0.05, 0.1) is 14.2 Å². The summed E-state index contributed by atoms with van der Waals surface area (Å²) in [4.78, 5) is 0. The van der Waals surface area contributed by atoms with Gasteiger partial charge in [-0.25, -0.2) is 0 Å². The van der Waals surface area contributed by atoms with Crippen molar-refractivity contribution in [1.82, 2.24) is 12.3 Å². The van der Waals surface area contributed by atoms with Crippen molar-refractivity contribution in [3.05, 3.63) is 65.7 Å². The van der Waals surface area contributed by atoms with E-state index in [1.807, 2.05) is 24.3 Å². The van der Waals surface area contributed by atoms with Crippen LogP contribution in [0.5, 0.6) is 11.5 Å². The molecule has 0 radical (unpaired) electrons. The van der Waals surface area contributed by atoms with Gasteiger partial charge in [-0.15, -0.1) is 0 Å². The smallest absolute Gasteiger partial charge is 0.118 e. The van der Waals surface area contributed by atoms with Crippen molar-refractivity contribution in [3.63, 3.8) is 0 Å². The zero-order valence-electron chi connectivity index (χ0n) is 14.5. The van der Waals surface area contributed by atoms with Gasteiger partial charge in [0, 0.05) is 0 Å². The minimum Gasteiger partial charge on any atom is -0.497 e. The molecule has 0 saturated heterocycles. The number of ether oxygens (including phenoxy) is 2. The van der Waals surface area contributed by atoms with E-state index in [4.69, 9.17) is 9.47 Å². The lowest BCUT2D eigenvalue weighted by molar-refractivity contribution is 0.414. The lowest BCUT2D eigenvalue weighted by Gasteiger charge is -2.12. The van der Waals surface area contributed by atoms with Crippen molar-refractivity contribution in [3.8, 4) is 11.5 Å². The lowest BCUT2D eigenvalue weighted by atomic mass is 9.94. The van der Waals surface area contributed by atoms with Crippen LogP contribution < -0.4 is 21.8 Å². The van der Waals surface area contributed by atoms with E-state index < -0.39 is 0 Å². The van der Waals surface area contributed by atoms with Crippen LogP contribution in [0.3, 0.4) is 0 Å². The average Bonchev–Trinajstić information content (AvgIpc) is 2.53. The molecule has 0 fully saturated rings. The first-order valence-electron chi connectivity index (χ1n) is 7.14. The standard InChI is InChI=1S/C19H22O2.2H3N/c1-14(2)13-19(15-5-9-17(20-3)10-6-15)16-7-11-18(21-4)12-8-16;;/h5-14H,1-4H3;2*1H3. The SMILES string of the molecule is COc1ccc(C(=CC(C)C)c2ccc(OC)cc2)cc1.N.N. The number of rotatable bonds is 5. The van der Waals surface area contributed by atoms with Gasteiger partial charge >= 0.3 is 0 Å². The number of hydrogen-bond donors (Lipinski definition) is 2. The lowest BCUT2D eigenvalue weighted by Crippen LogP contribution is -1.93. The highest BCUT2D eigenvalue weighted by molar-refractivity contribution is 5.80. The van der Waals surface area contributed by atoms with Gasteiger partial charge in [0.2, 0.25) is 0 Å². The van der Waals surface area contributed by atoms with Crippen LogP contribution in [0.15, 0.2) is 54.6 Å². The maximum atomic E-state index is 5.23. The van der Waals surface area contributed by atoms with Gasteiger partial charge in [-0.2, -0.15) is 0 Å². The van der Waals surface area contributed by atoms with E-state index in [9.17, 15) is 0 Å². The summed E-state index contributed by atoms with van der Waals surface area (Å²) < 4.78 is 10.5. The van der Waals surface area contributed by atoms with Crippen molar-refractivity contribution in [2.45, 2.75) is 13.8 Å². The van der Waals surface area contributed by atoms with Gasteiger partial charge in [0.25, 0.3) is 0 Å². The van der Waals surface area contributed by atoms with E-state index in [2.05, 4.69) is 44.2 Å². The summed E-state index contributed by atoms with van der Waals surface area (Å²) in [5.41, 5.74) is 3.61. The monoisotopic (exact) mass is 316 g/mol. The molecule has 23 heavy (non-hydrogen) atoms. The third-order valence-electron chi connectivity index (χ3n) is 3.30. The maximum Gasteiger partial charge on any atom is 0.118 e. The van der Waals surface area contributed by atoms with Crippen LogP contribution in [0.2, 0.25) is 0 Å². The van der Waals surface area contributed by atoms with Crippen LogP contribution >= 0.6 is 0 Å². The largest absolute Gasteiger partial charge is 0.497 e. The Morgan fingerprint density at radius 3 is 1.35 bits per heavy atom. The molecule has 2 rings (SSSR count). The number of allylic oxidation sites excluding steroid dienone is 1. The Morgan fingerprint density at radius 1 is 0.739 bits per heavy atom. The summed E-state index contributed by atoms with van der Waals surface area (Å²) in [6, 6.07) is 16.4. The van der Waals surface area contributed by atoms with Crippen LogP contribution in [0.1, 0.15) is 25.0 Å². The first-order chi connectivity index (χ1) is 10.1. The molecular weight excluding hydrogens is 288 g/mol. The highest BCUT2D eigenvalue weighted by Gasteiger charge is 2.07. The van der Waals surface area contributed by atoms with E-state index in [-0.39, 0.29) is 12.3 Å². The zero-order valence-corrected chi connectivity index (χ0v) is 14.5. The summed E-state index contributed by atoms with van der Waals surface area (Å²) >= 11 is 0. The molecule has 0 bridgehead atoms. The fourth-order valence-electron chi connectivity index (χ4n) is 2.23. The summed E-state index contributed by atoms with van der Waals surface area (Å²) in [5, 5.41) is 0. The molecule has 4 nitrogen and oxygen atoms in total. The molecule has 0 unspecified atom stereocenters. The molecule has 126 valence electrons. The molecule has 0 aliphatic rings. The van der Waals surface area contributed by atoms with Crippen molar-refractivity contribution in [1.29, 1.82) is 0 Å². The van der Waals surface area contributed by atoms with E-state index in [1.54, 1.807) is 14.2 Å². The van der Waals surface area contributed by atoms with E-state index in [0.29, 0.717) is 5.92 Å². The Balaban J connectivity index is 0.00000242. The molecule has 0 amide bonds. The van der Waals surface area contributed by atoms with Crippen LogP contribution in [-0.4, -0.2) is 14.2 Å². The highest BCUT2D eigenvalue weighted by atomic mass is 16.5. The Hall–Kier alpha value is -2.30. The number of methoxy groups -OCH3 is 2. The average molecular weight is 316 g/mol. The molecule has 0 atom stereocenters. The molecule has 4 heteroatoms. The predicted octanol–water partition coefficient (Wildman–Crippen LogP) is 5.12. The first-order valence-corrected chi connectivity index (χ1v) is 7.14. The van der Waals surface area contributed by atoms with Gasteiger partial charge in [-0.1, -0.05) is 44.2 Å². The minimum atomic E-state index is 0. The molecule has 2 aromatic rings. The van der Waals surface area contributed by atoms with Crippen LogP contribution in [-0.2, 0) is 0 Å². The molecule has 2 aromatic carbocycles. The van der Waals surface area contributed by atoms with Gasteiger partial charge in [-0.05, 0) is 46.9 Å². The molecule has 6 N–H and O–H groups in total. The molecule has 0 spiro atoms. The van der Waals surface area contributed by atoms with Crippen molar-refractivity contribution >= 4 is 5.57 Å². The topological polar surface area (TPSA) is 88.5 Å². The fraction of sp³-hybridized carbons (Fsp3) is 0.263. The van der Waals surface area contributed by atoms with Crippen molar-refractivity contribution in [2.24, 2.45) is 5.92 Å². The quantitative estimate of drug-likeness (QED) is 0.801. The third kappa shape index (κ3) is 5.43. The van der Waals surface area contributed by atoms with Crippen LogP contribution in [0, 0.1) is 5.92 Å². The normalized spacial score (nSPS) is 9.43. The van der Waals surface area contributed by atoms with Gasteiger partial charge in [-0.3, -0.25) is 0 Å². The second kappa shape index (κ2) is 9.66. The Labute approximate surface area is 139 Å². The summed E-state index contributed by atoms with van der Waals surface area (Å²) in [6.45, 7) is 4.38. The van der Waals surface area contributed by atoms with Gasteiger partial charge in [0.15, 0.2) is 0 Å². The van der Waals surface area contributed by atoms with Gasteiger partial charge in [0.1, 0.15) is 11.5 Å². The highest BCUT2D eigenvalue weighted by Crippen LogP contribution is 2.28. The van der Waals surface area contributed by atoms with E-state index in [0.717, 1.165) is 11.5 Å². The number of benzene rings is 2. The van der Waals surface area contributed by atoms with E-state index >= 15 is 0 Å². The molecule has 0 saturated carbocycles. The third-order valence-corrected chi connectivity index (χ3v) is 3.30. The summed E-state index contributed by atoms with van der Waals surface area (Å²) in [6.07, 6.45) is 2.28. The second-order valence-corrected chi connectivity index (χ2v) is 5.28.